The smallest absolute Gasteiger partial charge is 0.225 e. The van der Waals surface area contributed by atoms with Crippen LogP contribution in [0.25, 0.3) is 0 Å². The number of benzene rings is 1. The van der Waals surface area contributed by atoms with E-state index in [1.807, 2.05) is 30.3 Å². The zero-order valence-corrected chi connectivity index (χ0v) is 15.5. The van der Waals surface area contributed by atoms with Crippen molar-refractivity contribution < 1.29 is 4.74 Å². The van der Waals surface area contributed by atoms with Crippen molar-refractivity contribution in [3.63, 3.8) is 0 Å². The predicted octanol–water partition coefficient (Wildman–Crippen LogP) is 1.95. The molecule has 0 bridgehead atoms. The van der Waals surface area contributed by atoms with Gasteiger partial charge < -0.3 is 20.3 Å². The fourth-order valence-corrected chi connectivity index (χ4v) is 2.99. The maximum absolute atomic E-state index is 6.19. The van der Waals surface area contributed by atoms with Crippen molar-refractivity contribution in [3.8, 4) is 0 Å². The Labute approximate surface area is 158 Å². The van der Waals surface area contributed by atoms with Crippen LogP contribution in [-0.4, -0.2) is 60.7 Å². The number of piperazine rings is 1. The molecule has 26 heavy (non-hydrogen) atoms. The van der Waals surface area contributed by atoms with Crippen molar-refractivity contribution in [3.05, 3.63) is 53.3 Å². The van der Waals surface area contributed by atoms with Crippen LogP contribution in [-0.2, 0) is 4.74 Å². The first-order chi connectivity index (χ1) is 12.7. The molecule has 1 saturated heterocycles. The molecule has 0 saturated carbocycles. The van der Waals surface area contributed by atoms with Gasteiger partial charge in [0.2, 0.25) is 5.95 Å². The zero-order chi connectivity index (χ0) is 18.4. The Morgan fingerprint density at radius 3 is 2.46 bits per heavy atom. The maximum Gasteiger partial charge on any atom is 0.225 e. The molecule has 0 amide bonds. The summed E-state index contributed by atoms with van der Waals surface area (Å²) in [6.45, 7) is 3.65. The Balaban J connectivity index is 1.55. The van der Waals surface area contributed by atoms with Gasteiger partial charge in [-0.05, 0) is 23.8 Å². The van der Waals surface area contributed by atoms with E-state index in [0.717, 1.165) is 37.7 Å². The third-order valence-electron chi connectivity index (χ3n) is 4.38. The summed E-state index contributed by atoms with van der Waals surface area (Å²) in [7, 11) is 1.67. The summed E-state index contributed by atoms with van der Waals surface area (Å²) in [5, 5.41) is 0.701. The molecule has 1 aromatic heterocycles. The summed E-state index contributed by atoms with van der Waals surface area (Å²) >= 11 is 5.94. The van der Waals surface area contributed by atoms with Crippen molar-refractivity contribution in [2.24, 2.45) is 10.7 Å². The van der Waals surface area contributed by atoms with Crippen molar-refractivity contribution in [1.29, 1.82) is 0 Å². The summed E-state index contributed by atoms with van der Waals surface area (Å²) in [6.07, 6.45) is 3.36. The predicted molar refractivity (Wildman–Crippen MR) is 104 cm³/mol. The van der Waals surface area contributed by atoms with Gasteiger partial charge in [0.1, 0.15) is 6.10 Å². The van der Waals surface area contributed by atoms with Crippen LogP contribution in [0.2, 0.25) is 5.02 Å². The van der Waals surface area contributed by atoms with Gasteiger partial charge in [-0.1, -0.05) is 23.7 Å². The Hall–Kier alpha value is -2.38. The van der Waals surface area contributed by atoms with Gasteiger partial charge in [0.05, 0.1) is 6.54 Å². The molecule has 1 aliphatic heterocycles. The van der Waals surface area contributed by atoms with Crippen LogP contribution in [0, 0.1) is 0 Å². The van der Waals surface area contributed by atoms with E-state index >= 15 is 0 Å². The first-order valence-electron chi connectivity index (χ1n) is 8.52. The average molecular weight is 375 g/mol. The van der Waals surface area contributed by atoms with Gasteiger partial charge in [-0.2, -0.15) is 0 Å². The number of methoxy groups -OCH3 is 1. The van der Waals surface area contributed by atoms with E-state index in [0.29, 0.717) is 17.5 Å². The Kier molecular flexibility index (Phi) is 6.25. The van der Waals surface area contributed by atoms with Crippen molar-refractivity contribution in [2.75, 3.05) is 44.7 Å². The average Bonchev–Trinajstić information content (AvgIpc) is 2.70. The molecular formula is C18H23ClN6O. The minimum atomic E-state index is -0.148. The summed E-state index contributed by atoms with van der Waals surface area (Å²) in [4.78, 5) is 17.3. The van der Waals surface area contributed by atoms with Crippen molar-refractivity contribution in [2.45, 2.75) is 6.10 Å². The lowest BCUT2D eigenvalue weighted by Gasteiger charge is -2.35. The molecule has 1 fully saturated rings. The molecule has 1 unspecified atom stereocenters. The number of halogens is 1. The minimum absolute atomic E-state index is 0.148. The van der Waals surface area contributed by atoms with Crippen LogP contribution < -0.4 is 10.6 Å². The molecule has 2 N–H and O–H groups in total. The molecule has 2 heterocycles. The number of aliphatic imine (C=N–C) groups is 1. The molecular weight excluding hydrogens is 352 g/mol. The lowest BCUT2D eigenvalue weighted by Crippen LogP contribution is -2.51. The number of rotatable bonds is 5. The van der Waals surface area contributed by atoms with E-state index < -0.39 is 0 Å². The van der Waals surface area contributed by atoms with E-state index in [-0.39, 0.29) is 6.10 Å². The SMILES string of the molecule is COC(CN=C(N)N1CCN(c2ncccn2)CC1)c1ccc(Cl)cc1. The molecule has 2 aromatic rings. The number of nitrogens with two attached hydrogens (primary N) is 1. The summed E-state index contributed by atoms with van der Waals surface area (Å²) in [5.41, 5.74) is 7.21. The van der Waals surface area contributed by atoms with Gasteiger partial charge in [0, 0.05) is 50.7 Å². The lowest BCUT2D eigenvalue weighted by atomic mass is 10.1. The molecule has 3 rings (SSSR count). The van der Waals surface area contributed by atoms with E-state index in [1.54, 1.807) is 19.5 Å². The fraction of sp³-hybridized carbons (Fsp3) is 0.389. The van der Waals surface area contributed by atoms with Crippen LogP contribution in [0.4, 0.5) is 5.95 Å². The second-order valence-electron chi connectivity index (χ2n) is 6.00. The highest BCUT2D eigenvalue weighted by atomic mass is 35.5. The molecule has 7 nitrogen and oxygen atoms in total. The molecule has 1 atom stereocenters. The number of hydrogen-bond donors (Lipinski definition) is 1. The molecule has 1 aliphatic rings. The van der Waals surface area contributed by atoms with Gasteiger partial charge in [-0.15, -0.1) is 0 Å². The summed E-state index contributed by atoms with van der Waals surface area (Å²) < 4.78 is 5.54. The van der Waals surface area contributed by atoms with E-state index in [1.165, 1.54) is 0 Å². The summed E-state index contributed by atoms with van der Waals surface area (Å²) in [5.74, 6) is 1.29. The Morgan fingerprint density at radius 1 is 1.19 bits per heavy atom. The van der Waals surface area contributed by atoms with Crippen molar-refractivity contribution >= 4 is 23.5 Å². The van der Waals surface area contributed by atoms with Gasteiger partial charge in [-0.25, -0.2) is 9.97 Å². The van der Waals surface area contributed by atoms with Crippen LogP contribution in [0.3, 0.4) is 0 Å². The number of aromatic nitrogens is 2. The van der Waals surface area contributed by atoms with Crippen LogP contribution in [0.1, 0.15) is 11.7 Å². The first kappa shape index (κ1) is 18.4. The van der Waals surface area contributed by atoms with Crippen LogP contribution in [0.15, 0.2) is 47.7 Å². The highest BCUT2D eigenvalue weighted by Crippen LogP contribution is 2.19. The van der Waals surface area contributed by atoms with E-state index in [9.17, 15) is 0 Å². The van der Waals surface area contributed by atoms with Crippen molar-refractivity contribution in [1.82, 2.24) is 14.9 Å². The Morgan fingerprint density at radius 2 is 1.85 bits per heavy atom. The van der Waals surface area contributed by atoms with Crippen LogP contribution in [0.5, 0.6) is 0 Å². The number of anilines is 1. The molecule has 0 aliphatic carbocycles. The largest absolute Gasteiger partial charge is 0.375 e. The molecule has 0 radical (unpaired) electrons. The highest BCUT2D eigenvalue weighted by molar-refractivity contribution is 6.30. The highest BCUT2D eigenvalue weighted by Gasteiger charge is 2.20. The van der Waals surface area contributed by atoms with Gasteiger partial charge >= 0.3 is 0 Å². The number of nitrogens with zero attached hydrogens (tertiary/aromatic N) is 5. The fourth-order valence-electron chi connectivity index (χ4n) is 2.86. The molecule has 0 spiro atoms. The monoisotopic (exact) mass is 374 g/mol. The third-order valence-corrected chi connectivity index (χ3v) is 4.64. The number of guanidine groups is 1. The van der Waals surface area contributed by atoms with Gasteiger partial charge in [0.25, 0.3) is 0 Å². The minimum Gasteiger partial charge on any atom is -0.375 e. The quantitative estimate of drug-likeness (QED) is 0.636. The first-order valence-corrected chi connectivity index (χ1v) is 8.90. The molecule has 138 valence electrons. The topological polar surface area (TPSA) is 79.9 Å². The second kappa shape index (κ2) is 8.82. The Bertz CT molecular complexity index is 716. The standard InChI is InChI=1S/C18H23ClN6O/c1-26-16(14-3-5-15(19)6-4-14)13-23-17(20)24-9-11-25(12-10-24)18-21-7-2-8-22-18/h2-8,16H,9-13H2,1H3,(H2,20,23). The molecule has 8 heteroatoms. The van der Waals surface area contributed by atoms with Crippen LogP contribution >= 0.6 is 11.6 Å². The van der Waals surface area contributed by atoms with Gasteiger partial charge in [-0.3, -0.25) is 4.99 Å². The van der Waals surface area contributed by atoms with E-state index in [2.05, 4.69) is 24.8 Å². The third kappa shape index (κ3) is 4.62. The number of hydrogen-bond acceptors (Lipinski definition) is 5. The summed E-state index contributed by atoms with van der Waals surface area (Å²) in [6, 6.07) is 9.40. The molecule has 1 aromatic carbocycles. The normalized spacial score (nSPS) is 16.6. The van der Waals surface area contributed by atoms with E-state index in [4.69, 9.17) is 22.1 Å². The zero-order valence-electron chi connectivity index (χ0n) is 14.8. The lowest BCUT2D eigenvalue weighted by molar-refractivity contribution is 0.110. The van der Waals surface area contributed by atoms with Gasteiger partial charge in [0.15, 0.2) is 5.96 Å². The maximum atomic E-state index is 6.19. The number of ether oxygens (including phenoxy) is 1. The second-order valence-corrected chi connectivity index (χ2v) is 6.43.